The Kier molecular flexibility index (Phi) is 8.11. The topological polar surface area (TPSA) is 66.4 Å². The van der Waals surface area contributed by atoms with Crippen LogP contribution in [0, 0.1) is 18.7 Å². The Morgan fingerprint density at radius 1 is 1.12 bits per heavy atom. The Labute approximate surface area is 195 Å². The summed E-state index contributed by atoms with van der Waals surface area (Å²) in [6.07, 6.45) is 1.61. The number of anilines is 1. The van der Waals surface area contributed by atoms with E-state index in [0.717, 1.165) is 29.3 Å². The van der Waals surface area contributed by atoms with Crippen molar-refractivity contribution in [3.8, 4) is 0 Å². The standard InChI is InChI=1S/C23H32ClFN4O2S/c1-5-13-32(30,31)29-11-9-28(10-12-29)23-18(15-19-20(24)7-6-8-21(19)25)17(4)26-22(27-23)14-16(2)3/h6-8,16H,5,9-15H2,1-4H3. The van der Waals surface area contributed by atoms with Crippen molar-refractivity contribution in [3.63, 3.8) is 0 Å². The van der Waals surface area contributed by atoms with E-state index in [4.69, 9.17) is 21.6 Å². The second kappa shape index (κ2) is 10.4. The molecule has 32 heavy (non-hydrogen) atoms. The predicted octanol–water partition coefficient (Wildman–Crippen LogP) is 4.23. The number of rotatable bonds is 8. The van der Waals surface area contributed by atoms with Gasteiger partial charge in [0.1, 0.15) is 17.5 Å². The molecule has 0 bridgehead atoms. The van der Waals surface area contributed by atoms with Crippen LogP contribution in [-0.4, -0.2) is 54.6 Å². The molecule has 0 N–H and O–H groups in total. The molecule has 1 aliphatic rings. The first-order chi connectivity index (χ1) is 15.1. The van der Waals surface area contributed by atoms with Crippen molar-refractivity contribution in [1.29, 1.82) is 0 Å². The lowest BCUT2D eigenvalue weighted by atomic mass is 10.0. The largest absolute Gasteiger partial charge is 0.354 e. The summed E-state index contributed by atoms with van der Waals surface area (Å²) >= 11 is 6.30. The summed E-state index contributed by atoms with van der Waals surface area (Å²) in [4.78, 5) is 11.6. The maximum atomic E-state index is 14.5. The summed E-state index contributed by atoms with van der Waals surface area (Å²) in [6.45, 7) is 9.88. The predicted molar refractivity (Wildman–Crippen MR) is 127 cm³/mol. The van der Waals surface area contributed by atoms with Crippen LogP contribution >= 0.6 is 11.6 Å². The minimum Gasteiger partial charge on any atom is -0.354 e. The van der Waals surface area contributed by atoms with E-state index in [2.05, 4.69) is 18.7 Å². The van der Waals surface area contributed by atoms with Crippen molar-refractivity contribution in [2.75, 3.05) is 36.8 Å². The lowest BCUT2D eigenvalue weighted by Gasteiger charge is -2.36. The summed E-state index contributed by atoms with van der Waals surface area (Å²) in [5.74, 6) is 1.70. The molecule has 2 aromatic rings. The van der Waals surface area contributed by atoms with Crippen LogP contribution in [0.15, 0.2) is 18.2 Å². The molecule has 0 amide bonds. The normalized spacial score (nSPS) is 15.5. The quantitative estimate of drug-likeness (QED) is 0.563. The van der Waals surface area contributed by atoms with Gasteiger partial charge in [-0.3, -0.25) is 0 Å². The fraction of sp³-hybridized carbons (Fsp3) is 0.565. The van der Waals surface area contributed by atoms with Crippen molar-refractivity contribution in [1.82, 2.24) is 14.3 Å². The number of aromatic nitrogens is 2. The Hall–Kier alpha value is -1.77. The number of hydrogen-bond donors (Lipinski definition) is 0. The van der Waals surface area contributed by atoms with E-state index in [1.165, 1.54) is 6.07 Å². The van der Waals surface area contributed by atoms with Crippen molar-refractivity contribution in [2.45, 2.75) is 47.0 Å². The monoisotopic (exact) mass is 482 g/mol. The maximum absolute atomic E-state index is 14.5. The van der Waals surface area contributed by atoms with Crippen LogP contribution < -0.4 is 4.90 Å². The fourth-order valence-corrected chi connectivity index (χ4v) is 5.73. The SMILES string of the molecule is CCCS(=O)(=O)N1CCN(c2nc(CC(C)C)nc(C)c2Cc2c(F)cccc2Cl)CC1. The fourth-order valence-electron chi connectivity index (χ4n) is 4.01. The molecule has 0 radical (unpaired) electrons. The summed E-state index contributed by atoms with van der Waals surface area (Å²) in [6, 6.07) is 4.68. The number of nitrogens with zero attached hydrogens (tertiary/aromatic N) is 4. The van der Waals surface area contributed by atoms with Gasteiger partial charge in [0.2, 0.25) is 10.0 Å². The van der Waals surface area contributed by atoms with E-state index in [0.29, 0.717) is 49.1 Å². The van der Waals surface area contributed by atoms with Crippen molar-refractivity contribution in [3.05, 3.63) is 51.7 Å². The Morgan fingerprint density at radius 2 is 1.81 bits per heavy atom. The highest BCUT2D eigenvalue weighted by Crippen LogP contribution is 2.29. The van der Waals surface area contributed by atoms with Crippen LogP contribution in [0.4, 0.5) is 10.2 Å². The molecule has 176 valence electrons. The van der Waals surface area contributed by atoms with Crippen LogP contribution in [0.2, 0.25) is 5.02 Å². The van der Waals surface area contributed by atoms with E-state index >= 15 is 0 Å². The molecular formula is C23H32ClFN4O2S. The molecule has 1 aromatic carbocycles. The van der Waals surface area contributed by atoms with E-state index in [1.807, 2.05) is 13.8 Å². The van der Waals surface area contributed by atoms with Crippen LogP contribution in [0.5, 0.6) is 0 Å². The van der Waals surface area contributed by atoms with Gasteiger partial charge in [0.25, 0.3) is 0 Å². The molecular weight excluding hydrogens is 451 g/mol. The van der Waals surface area contributed by atoms with Gasteiger partial charge in [-0.05, 0) is 31.4 Å². The molecule has 2 heterocycles. The first-order valence-electron chi connectivity index (χ1n) is 11.1. The van der Waals surface area contributed by atoms with Gasteiger partial charge in [0.15, 0.2) is 0 Å². The zero-order valence-corrected chi connectivity index (χ0v) is 20.8. The van der Waals surface area contributed by atoms with Crippen LogP contribution in [-0.2, 0) is 22.9 Å². The van der Waals surface area contributed by atoms with Gasteiger partial charge in [-0.25, -0.2) is 22.8 Å². The van der Waals surface area contributed by atoms with E-state index in [-0.39, 0.29) is 18.0 Å². The third-order valence-corrected chi connectivity index (χ3v) is 8.07. The maximum Gasteiger partial charge on any atom is 0.214 e. The molecule has 0 saturated carbocycles. The molecule has 3 rings (SSSR count). The third kappa shape index (κ3) is 5.77. The van der Waals surface area contributed by atoms with Gasteiger partial charge >= 0.3 is 0 Å². The summed E-state index contributed by atoms with van der Waals surface area (Å²) in [5.41, 5.74) is 2.04. The molecule has 1 fully saturated rings. The highest BCUT2D eigenvalue weighted by Gasteiger charge is 2.29. The minimum absolute atomic E-state index is 0.162. The van der Waals surface area contributed by atoms with Crippen LogP contribution in [0.3, 0.4) is 0 Å². The van der Waals surface area contributed by atoms with E-state index in [9.17, 15) is 12.8 Å². The second-order valence-electron chi connectivity index (χ2n) is 8.70. The molecule has 0 unspecified atom stereocenters. The first-order valence-corrected chi connectivity index (χ1v) is 13.1. The lowest BCUT2D eigenvalue weighted by Crippen LogP contribution is -2.49. The smallest absolute Gasteiger partial charge is 0.214 e. The average Bonchev–Trinajstić information content (AvgIpc) is 2.71. The van der Waals surface area contributed by atoms with Gasteiger partial charge in [0, 0.05) is 60.9 Å². The minimum atomic E-state index is -3.23. The molecule has 0 spiro atoms. The number of halogens is 2. The highest BCUT2D eigenvalue weighted by molar-refractivity contribution is 7.89. The average molecular weight is 483 g/mol. The van der Waals surface area contributed by atoms with Crippen molar-refractivity contribution in [2.24, 2.45) is 5.92 Å². The van der Waals surface area contributed by atoms with Crippen molar-refractivity contribution < 1.29 is 12.8 Å². The molecule has 1 aromatic heterocycles. The lowest BCUT2D eigenvalue weighted by molar-refractivity contribution is 0.383. The zero-order valence-electron chi connectivity index (χ0n) is 19.2. The number of hydrogen-bond acceptors (Lipinski definition) is 5. The van der Waals surface area contributed by atoms with Gasteiger partial charge in [-0.1, -0.05) is 38.4 Å². The number of piperazine rings is 1. The first kappa shape index (κ1) is 24.9. The molecule has 1 saturated heterocycles. The zero-order chi connectivity index (χ0) is 23.5. The number of sulfonamides is 1. The summed E-state index contributed by atoms with van der Waals surface area (Å²) < 4.78 is 41.0. The third-order valence-electron chi connectivity index (χ3n) is 5.64. The summed E-state index contributed by atoms with van der Waals surface area (Å²) in [7, 11) is -3.23. The van der Waals surface area contributed by atoms with Crippen LogP contribution in [0.25, 0.3) is 0 Å². The molecule has 6 nitrogen and oxygen atoms in total. The number of aryl methyl sites for hydroxylation is 1. The molecule has 1 aliphatic heterocycles. The van der Waals surface area contributed by atoms with E-state index < -0.39 is 10.0 Å². The Morgan fingerprint density at radius 3 is 2.41 bits per heavy atom. The Balaban J connectivity index is 1.95. The van der Waals surface area contributed by atoms with Crippen LogP contribution in [0.1, 0.15) is 49.8 Å². The highest BCUT2D eigenvalue weighted by atomic mass is 35.5. The van der Waals surface area contributed by atoms with Gasteiger partial charge in [-0.2, -0.15) is 4.31 Å². The van der Waals surface area contributed by atoms with Gasteiger partial charge in [-0.15, -0.1) is 0 Å². The molecule has 0 aliphatic carbocycles. The second-order valence-corrected chi connectivity index (χ2v) is 11.2. The Bertz CT molecular complexity index is 1030. The molecule has 0 atom stereocenters. The number of benzene rings is 1. The summed E-state index contributed by atoms with van der Waals surface area (Å²) in [5, 5.41) is 0.372. The van der Waals surface area contributed by atoms with Gasteiger partial charge in [0.05, 0.1) is 5.75 Å². The van der Waals surface area contributed by atoms with E-state index in [1.54, 1.807) is 16.4 Å². The molecule has 9 heteroatoms. The van der Waals surface area contributed by atoms with Gasteiger partial charge < -0.3 is 4.90 Å². The van der Waals surface area contributed by atoms with Crippen molar-refractivity contribution >= 4 is 27.4 Å².